The van der Waals surface area contributed by atoms with E-state index in [0.717, 1.165) is 24.2 Å². The van der Waals surface area contributed by atoms with Gasteiger partial charge in [0.1, 0.15) is 5.75 Å². The van der Waals surface area contributed by atoms with Gasteiger partial charge in [-0.3, -0.25) is 28.3 Å². The number of hydrogen-bond acceptors (Lipinski definition) is 6. The Morgan fingerprint density at radius 1 is 0.469 bits per heavy atom. The molecular weight excluding hydrogens is 797 g/mol. The Kier molecular flexibility index (Phi) is 13.5. The fourth-order valence-corrected chi connectivity index (χ4v) is 9.14. The van der Waals surface area contributed by atoms with Crippen molar-refractivity contribution in [3.63, 3.8) is 0 Å². The summed E-state index contributed by atoms with van der Waals surface area (Å²) in [5, 5.41) is 9.71. The lowest BCUT2D eigenvalue weighted by atomic mass is 9.64. The molecule has 0 bridgehead atoms. The second kappa shape index (κ2) is 18.7. The van der Waals surface area contributed by atoms with Crippen molar-refractivity contribution in [2.24, 2.45) is 0 Å². The lowest BCUT2D eigenvalue weighted by molar-refractivity contribution is 0.281. The maximum atomic E-state index is 13.4. The molecule has 334 valence electrons. The van der Waals surface area contributed by atoms with Crippen LogP contribution in [0.2, 0.25) is 0 Å². The minimum absolute atomic E-state index is 0.0131. The van der Waals surface area contributed by atoms with Crippen LogP contribution < -0.4 is 27.0 Å². The average Bonchev–Trinajstić information content (AvgIpc) is 3.65. The van der Waals surface area contributed by atoms with Crippen LogP contribution in [0.5, 0.6) is 5.75 Å². The molecule has 0 radical (unpaired) electrons. The number of ether oxygens (including phenoxy) is 1. The van der Waals surface area contributed by atoms with Crippen molar-refractivity contribution in [3.8, 4) is 5.75 Å². The van der Waals surface area contributed by atoms with E-state index in [2.05, 4.69) is 152 Å². The van der Waals surface area contributed by atoms with Crippen molar-refractivity contribution < 1.29 is 9.84 Å². The molecule has 2 heterocycles. The highest BCUT2D eigenvalue weighted by molar-refractivity contribution is 5.97. The van der Waals surface area contributed by atoms with Crippen LogP contribution in [0.4, 0.5) is 0 Å². The molecule has 1 N–H and O–H groups in total. The number of unbranched alkanes of at least 4 members (excludes halogenated alkanes) is 4. The summed E-state index contributed by atoms with van der Waals surface area (Å²) in [6.45, 7) is 18.9. The molecule has 0 saturated carbocycles. The zero-order valence-corrected chi connectivity index (χ0v) is 38.9. The van der Waals surface area contributed by atoms with Gasteiger partial charge in [-0.1, -0.05) is 140 Å². The number of aromatic nitrogens is 2. The summed E-state index contributed by atoms with van der Waals surface area (Å²) in [4.78, 5) is 53.0. The summed E-state index contributed by atoms with van der Waals surface area (Å²) in [7, 11) is 0. The van der Waals surface area contributed by atoms with Gasteiger partial charge in [-0.15, -0.1) is 0 Å². The average molecular weight is 861 g/mol. The smallest absolute Gasteiger partial charge is 0.261 e. The van der Waals surface area contributed by atoms with Crippen molar-refractivity contribution in [1.82, 2.24) is 9.13 Å². The van der Waals surface area contributed by atoms with Gasteiger partial charge in [-0.25, -0.2) is 0 Å². The first kappa shape index (κ1) is 46.1. The molecule has 8 heteroatoms. The number of fused-ring (bicyclic) bond motifs is 2. The van der Waals surface area contributed by atoms with E-state index in [1.807, 2.05) is 0 Å². The molecule has 7 rings (SSSR count). The second-order valence-electron chi connectivity index (χ2n) is 19.9. The highest BCUT2D eigenvalue weighted by Gasteiger charge is 2.39. The van der Waals surface area contributed by atoms with E-state index < -0.39 is 27.7 Å². The van der Waals surface area contributed by atoms with Gasteiger partial charge < -0.3 is 9.84 Å². The predicted molar refractivity (Wildman–Crippen MR) is 261 cm³/mol. The number of aliphatic hydroxyl groups excluding tert-OH is 1. The summed E-state index contributed by atoms with van der Waals surface area (Å²) in [6.07, 6.45) is 3.90. The zero-order valence-electron chi connectivity index (χ0n) is 38.9. The zero-order chi connectivity index (χ0) is 46.0. The molecular formula is C56H64N2O6. The van der Waals surface area contributed by atoms with Crippen LogP contribution in [-0.2, 0) is 29.3 Å². The van der Waals surface area contributed by atoms with Gasteiger partial charge in [0.2, 0.25) is 0 Å². The number of hydrogen-bond donors (Lipinski definition) is 1. The Hall–Kier alpha value is -5.86. The largest absolute Gasteiger partial charge is 0.494 e. The van der Waals surface area contributed by atoms with Gasteiger partial charge >= 0.3 is 0 Å². The lowest BCUT2D eigenvalue weighted by Crippen LogP contribution is -2.31. The van der Waals surface area contributed by atoms with E-state index in [1.165, 1.54) is 54.6 Å². The topological polar surface area (TPSA) is 108 Å². The third kappa shape index (κ3) is 9.08. The maximum Gasteiger partial charge on any atom is 0.261 e. The van der Waals surface area contributed by atoms with Gasteiger partial charge in [-0.05, 0) is 118 Å². The molecule has 0 saturated heterocycles. The lowest BCUT2D eigenvalue weighted by Gasteiger charge is -2.38. The second-order valence-corrected chi connectivity index (χ2v) is 19.9. The van der Waals surface area contributed by atoms with Crippen molar-refractivity contribution in [2.75, 3.05) is 13.2 Å². The molecule has 0 atom stereocenters. The number of aliphatic hydroxyl groups is 1. The molecule has 0 aliphatic heterocycles. The van der Waals surface area contributed by atoms with Gasteiger partial charge in [0.25, 0.3) is 22.2 Å². The predicted octanol–water partition coefficient (Wildman–Crippen LogP) is 10.4. The van der Waals surface area contributed by atoms with Gasteiger partial charge in [0.05, 0.1) is 33.6 Å². The fraction of sp³-hybridized carbons (Fsp3) is 0.393. The molecule has 0 spiro atoms. The normalized spacial score (nSPS) is 12.5. The Bertz CT molecular complexity index is 2780. The van der Waals surface area contributed by atoms with Crippen molar-refractivity contribution in [2.45, 2.75) is 129 Å². The number of nitrogens with zero attached hydrogens (tertiary/aromatic N) is 2. The van der Waals surface area contributed by atoms with Crippen LogP contribution in [-0.4, -0.2) is 27.5 Å². The SMILES string of the molecule is CC(C)c1ccc(C(c2ccc(OCCCCCn3c(=O)c4cc5c(=O)n(CCCCCO)c(=O)c5cc4c3=O)cc2)(c2ccc(C(C)(C)C)cc2)c2ccc(C(C)(C)C)cc2)cc1. The minimum Gasteiger partial charge on any atom is -0.494 e. The first-order chi connectivity index (χ1) is 30.5. The van der Waals surface area contributed by atoms with Gasteiger partial charge in [0.15, 0.2) is 0 Å². The third-order valence-corrected chi connectivity index (χ3v) is 13.1. The monoisotopic (exact) mass is 860 g/mol. The third-order valence-electron chi connectivity index (χ3n) is 13.1. The van der Waals surface area contributed by atoms with Crippen LogP contribution >= 0.6 is 0 Å². The fourth-order valence-electron chi connectivity index (χ4n) is 9.14. The number of rotatable bonds is 17. The highest BCUT2D eigenvalue weighted by atomic mass is 16.5. The molecule has 7 aromatic rings. The molecule has 64 heavy (non-hydrogen) atoms. The molecule has 5 aromatic carbocycles. The Labute approximate surface area is 376 Å². The van der Waals surface area contributed by atoms with E-state index >= 15 is 0 Å². The quantitative estimate of drug-likeness (QED) is 0.0722. The van der Waals surface area contributed by atoms with Crippen LogP contribution in [0.3, 0.4) is 0 Å². The summed E-state index contributed by atoms with van der Waals surface area (Å²) in [5.74, 6) is 1.17. The highest BCUT2D eigenvalue weighted by Crippen LogP contribution is 2.46. The minimum atomic E-state index is -0.614. The van der Waals surface area contributed by atoms with Gasteiger partial charge in [-0.2, -0.15) is 0 Å². The van der Waals surface area contributed by atoms with Crippen molar-refractivity contribution in [3.05, 3.63) is 190 Å². The first-order valence-corrected chi connectivity index (χ1v) is 23.0. The summed E-state index contributed by atoms with van der Waals surface area (Å²) in [6, 6.07) is 38.7. The summed E-state index contributed by atoms with van der Waals surface area (Å²) in [5.41, 5.74) is 6.18. The standard InChI is InChI=1S/C56H64N2O6/c1-37(2)38-15-17-41(18-16-38)56(42-23-19-39(20-24-42)54(3,4)5,43-25-21-40(22-26-43)55(6,7)8)44-27-29-45(30-28-44)64-34-14-10-12-32-58-52(62)48-35-46-47(36-49(48)53(58)63)51(61)57(50(46)60)31-11-9-13-33-59/h15-30,35-37,59H,9-14,31-34H2,1-8H3. The maximum absolute atomic E-state index is 13.4. The van der Waals surface area contributed by atoms with Gasteiger partial charge in [0, 0.05) is 19.7 Å². The summed E-state index contributed by atoms with van der Waals surface area (Å²) >= 11 is 0. The van der Waals surface area contributed by atoms with E-state index in [9.17, 15) is 19.2 Å². The first-order valence-electron chi connectivity index (χ1n) is 23.0. The van der Waals surface area contributed by atoms with Crippen LogP contribution in [0, 0.1) is 0 Å². The van der Waals surface area contributed by atoms with Crippen LogP contribution in [0.1, 0.15) is 139 Å². The van der Waals surface area contributed by atoms with Crippen molar-refractivity contribution in [1.29, 1.82) is 0 Å². The Morgan fingerprint density at radius 2 is 0.812 bits per heavy atom. The Balaban J connectivity index is 1.09. The molecule has 8 nitrogen and oxygen atoms in total. The summed E-state index contributed by atoms with van der Waals surface area (Å²) < 4.78 is 8.67. The van der Waals surface area contributed by atoms with E-state index in [4.69, 9.17) is 9.84 Å². The van der Waals surface area contributed by atoms with E-state index in [-0.39, 0.29) is 52.1 Å². The molecule has 0 amide bonds. The van der Waals surface area contributed by atoms with Crippen LogP contribution in [0.25, 0.3) is 21.5 Å². The molecule has 0 aliphatic rings. The van der Waals surface area contributed by atoms with E-state index in [0.29, 0.717) is 38.2 Å². The molecule has 0 aliphatic carbocycles. The molecule has 0 unspecified atom stereocenters. The van der Waals surface area contributed by atoms with Crippen molar-refractivity contribution >= 4 is 21.5 Å². The number of benzene rings is 5. The molecule has 2 aromatic heterocycles. The van der Waals surface area contributed by atoms with Crippen LogP contribution in [0.15, 0.2) is 128 Å². The van der Waals surface area contributed by atoms with E-state index in [1.54, 1.807) is 0 Å². The Morgan fingerprint density at radius 3 is 1.17 bits per heavy atom. The molecule has 0 fully saturated rings.